The Morgan fingerprint density at radius 3 is 2.78 bits per heavy atom. The molecule has 4 nitrogen and oxygen atoms in total. The Labute approximate surface area is 114 Å². The molecule has 3 N–H and O–H groups in total. The van der Waals surface area contributed by atoms with Crippen molar-refractivity contribution in [1.29, 1.82) is 0 Å². The molecule has 6 heteroatoms. The summed E-state index contributed by atoms with van der Waals surface area (Å²) in [4.78, 5) is 0. The molecule has 0 spiro atoms. The van der Waals surface area contributed by atoms with E-state index < -0.39 is 5.41 Å². The number of amidine groups is 1. The predicted molar refractivity (Wildman–Crippen MR) is 71.4 cm³/mol. The van der Waals surface area contributed by atoms with Gasteiger partial charge in [0.15, 0.2) is 0 Å². The highest BCUT2D eigenvalue weighted by molar-refractivity contribution is 9.10. The molecule has 0 aromatic heterocycles. The first-order valence-corrected chi connectivity index (χ1v) is 6.22. The smallest absolute Gasteiger partial charge is 0.144 e. The summed E-state index contributed by atoms with van der Waals surface area (Å²) < 4.78 is 19.0. The van der Waals surface area contributed by atoms with Crippen molar-refractivity contribution in [3.63, 3.8) is 0 Å². The van der Waals surface area contributed by atoms with Crippen molar-refractivity contribution in [2.45, 2.75) is 20.3 Å². The Balaban J connectivity index is 2.54. The summed E-state index contributed by atoms with van der Waals surface area (Å²) >= 11 is 3.07. The lowest BCUT2D eigenvalue weighted by Gasteiger charge is -2.22. The summed E-state index contributed by atoms with van der Waals surface area (Å²) in [6, 6.07) is 4.56. The molecule has 0 bridgehead atoms. The van der Waals surface area contributed by atoms with Crippen molar-refractivity contribution in [3.05, 3.63) is 28.5 Å². The Hall–Kier alpha value is -1.30. The first kappa shape index (κ1) is 14.8. The summed E-state index contributed by atoms with van der Waals surface area (Å²) in [5, 5.41) is 11.6. The first-order chi connectivity index (χ1) is 8.36. The fraction of sp³-hybridized carbons (Fsp3) is 0.417. The molecule has 0 saturated carbocycles. The Morgan fingerprint density at radius 2 is 2.22 bits per heavy atom. The molecule has 100 valence electrons. The van der Waals surface area contributed by atoms with Crippen LogP contribution in [0, 0.1) is 11.2 Å². The second-order valence-corrected chi connectivity index (χ2v) is 5.40. The van der Waals surface area contributed by atoms with Crippen LogP contribution in [0.5, 0.6) is 5.75 Å². The standard InChI is InChI=1S/C12H16BrFN2O2/c1-12(2,11(15)16-17)5-6-18-8-3-4-9(13)10(14)7-8/h3-4,7,17H,5-6H2,1-2H3,(H2,15,16). The molecule has 0 radical (unpaired) electrons. The van der Waals surface area contributed by atoms with Crippen molar-refractivity contribution >= 4 is 21.8 Å². The van der Waals surface area contributed by atoms with E-state index in [4.69, 9.17) is 15.7 Å². The van der Waals surface area contributed by atoms with Crippen molar-refractivity contribution in [2.75, 3.05) is 6.61 Å². The quantitative estimate of drug-likeness (QED) is 0.379. The highest BCUT2D eigenvalue weighted by Gasteiger charge is 2.23. The number of hydrogen-bond donors (Lipinski definition) is 2. The number of nitrogens with two attached hydrogens (primary N) is 1. The zero-order chi connectivity index (χ0) is 13.8. The third-order valence-corrected chi connectivity index (χ3v) is 3.33. The third-order valence-electron chi connectivity index (χ3n) is 2.69. The molecule has 18 heavy (non-hydrogen) atoms. The molecule has 1 aromatic carbocycles. The third kappa shape index (κ3) is 3.87. The molecule has 0 saturated heterocycles. The SMILES string of the molecule is CC(C)(CCOc1ccc(Br)c(F)c1)C(N)=NO. The van der Waals surface area contributed by atoms with Gasteiger partial charge in [-0.1, -0.05) is 19.0 Å². The maximum atomic E-state index is 13.2. The Bertz CT molecular complexity index is 450. The van der Waals surface area contributed by atoms with Gasteiger partial charge in [0.25, 0.3) is 0 Å². The van der Waals surface area contributed by atoms with Gasteiger partial charge in [-0.2, -0.15) is 0 Å². The van der Waals surface area contributed by atoms with Crippen LogP contribution in [0.25, 0.3) is 0 Å². The second kappa shape index (κ2) is 6.04. The van der Waals surface area contributed by atoms with Crippen LogP contribution in [0.1, 0.15) is 20.3 Å². The predicted octanol–water partition coefficient (Wildman–Crippen LogP) is 3.13. The van der Waals surface area contributed by atoms with E-state index in [0.29, 0.717) is 23.2 Å². The lowest BCUT2D eigenvalue weighted by Crippen LogP contribution is -2.33. The number of oxime groups is 1. The molecule has 0 heterocycles. The van der Waals surface area contributed by atoms with Gasteiger partial charge in [0.2, 0.25) is 0 Å². The number of rotatable bonds is 5. The largest absolute Gasteiger partial charge is 0.493 e. The second-order valence-electron chi connectivity index (χ2n) is 4.54. The van der Waals surface area contributed by atoms with E-state index in [0.717, 1.165) is 0 Å². The molecular formula is C12H16BrFN2O2. The van der Waals surface area contributed by atoms with E-state index in [-0.39, 0.29) is 11.7 Å². The molecular weight excluding hydrogens is 303 g/mol. The van der Waals surface area contributed by atoms with Crippen LogP contribution in [-0.4, -0.2) is 17.6 Å². The average Bonchev–Trinajstić information content (AvgIpc) is 2.32. The maximum Gasteiger partial charge on any atom is 0.144 e. The van der Waals surface area contributed by atoms with Gasteiger partial charge in [-0.15, -0.1) is 0 Å². The minimum atomic E-state index is -0.470. The van der Waals surface area contributed by atoms with Gasteiger partial charge < -0.3 is 15.7 Å². The average molecular weight is 319 g/mol. The summed E-state index contributed by atoms with van der Waals surface area (Å²) in [6.45, 7) is 4.03. The zero-order valence-corrected chi connectivity index (χ0v) is 11.9. The van der Waals surface area contributed by atoms with Crippen LogP contribution in [0.4, 0.5) is 4.39 Å². The lowest BCUT2D eigenvalue weighted by molar-refractivity contribution is 0.259. The maximum absolute atomic E-state index is 13.2. The Kier molecular flexibility index (Phi) is 4.95. The van der Waals surface area contributed by atoms with Gasteiger partial charge in [0.1, 0.15) is 17.4 Å². The van der Waals surface area contributed by atoms with Crippen LogP contribution < -0.4 is 10.5 Å². The molecule has 1 aromatic rings. The van der Waals surface area contributed by atoms with Crippen molar-refractivity contribution in [2.24, 2.45) is 16.3 Å². The fourth-order valence-electron chi connectivity index (χ4n) is 1.25. The monoisotopic (exact) mass is 318 g/mol. The molecule has 0 aliphatic rings. The number of halogens is 2. The van der Waals surface area contributed by atoms with E-state index in [1.54, 1.807) is 12.1 Å². The summed E-state index contributed by atoms with van der Waals surface area (Å²) in [5.41, 5.74) is 5.08. The summed E-state index contributed by atoms with van der Waals surface area (Å²) in [7, 11) is 0. The van der Waals surface area contributed by atoms with Crippen LogP contribution >= 0.6 is 15.9 Å². The normalized spacial score (nSPS) is 12.6. The van der Waals surface area contributed by atoms with Gasteiger partial charge in [-0.3, -0.25) is 0 Å². The molecule has 1 rings (SSSR count). The summed E-state index contributed by atoms with van der Waals surface area (Å²) in [6.07, 6.45) is 0.556. The van der Waals surface area contributed by atoms with Gasteiger partial charge >= 0.3 is 0 Å². The van der Waals surface area contributed by atoms with Crippen LogP contribution in [0.15, 0.2) is 27.8 Å². The number of nitrogens with zero attached hydrogens (tertiary/aromatic N) is 1. The van der Waals surface area contributed by atoms with E-state index >= 15 is 0 Å². The highest BCUT2D eigenvalue weighted by Crippen LogP contribution is 2.23. The van der Waals surface area contributed by atoms with Crippen molar-refractivity contribution < 1.29 is 14.3 Å². The first-order valence-electron chi connectivity index (χ1n) is 5.42. The molecule has 0 unspecified atom stereocenters. The van der Waals surface area contributed by atoms with E-state index in [9.17, 15) is 4.39 Å². The van der Waals surface area contributed by atoms with Gasteiger partial charge in [-0.05, 0) is 34.5 Å². The topological polar surface area (TPSA) is 67.8 Å². The van der Waals surface area contributed by atoms with Gasteiger partial charge in [0, 0.05) is 11.5 Å². The zero-order valence-electron chi connectivity index (χ0n) is 10.3. The van der Waals surface area contributed by atoms with Crippen LogP contribution in [0.2, 0.25) is 0 Å². The fourth-order valence-corrected chi connectivity index (χ4v) is 1.50. The van der Waals surface area contributed by atoms with Gasteiger partial charge in [0.05, 0.1) is 11.1 Å². The van der Waals surface area contributed by atoms with E-state index in [1.165, 1.54) is 6.07 Å². The Morgan fingerprint density at radius 1 is 1.56 bits per heavy atom. The van der Waals surface area contributed by atoms with E-state index in [2.05, 4.69) is 21.1 Å². The minimum Gasteiger partial charge on any atom is -0.493 e. The minimum absolute atomic E-state index is 0.146. The highest BCUT2D eigenvalue weighted by atomic mass is 79.9. The van der Waals surface area contributed by atoms with Crippen molar-refractivity contribution in [1.82, 2.24) is 0 Å². The van der Waals surface area contributed by atoms with Gasteiger partial charge in [-0.25, -0.2) is 4.39 Å². The number of hydrogen-bond acceptors (Lipinski definition) is 3. The molecule has 0 aliphatic heterocycles. The van der Waals surface area contributed by atoms with Crippen LogP contribution in [-0.2, 0) is 0 Å². The molecule has 0 amide bonds. The molecule has 0 fully saturated rings. The van der Waals surface area contributed by atoms with Crippen LogP contribution in [0.3, 0.4) is 0 Å². The molecule has 0 aliphatic carbocycles. The summed E-state index contributed by atoms with van der Waals surface area (Å²) in [5.74, 6) is 0.224. The molecule has 0 atom stereocenters. The lowest BCUT2D eigenvalue weighted by atomic mass is 9.88. The van der Waals surface area contributed by atoms with E-state index in [1.807, 2.05) is 13.8 Å². The number of benzene rings is 1. The number of ether oxygens (including phenoxy) is 1. The van der Waals surface area contributed by atoms with Crippen molar-refractivity contribution in [3.8, 4) is 5.75 Å².